The van der Waals surface area contributed by atoms with E-state index in [-0.39, 0.29) is 26.7 Å². The summed E-state index contributed by atoms with van der Waals surface area (Å²) >= 11 is 6.23. The molecule has 38 heavy (non-hydrogen) atoms. The van der Waals surface area contributed by atoms with Gasteiger partial charge in [0.25, 0.3) is 11.5 Å². The van der Waals surface area contributed by atoms with Crippen LogP contribution in [0, 0.1) is 0 Å². The highest BCUT2D eigenvalue weighted by molar-refractivity contribution is 7.89. The van der Waals surface area contributed by atoms with Gasteiger partial charge < -0.3 is 10.1 Å². The minimum Gasteiger partial charge on any atom is -0.449 e. The molecule has 12 heteroatoms. The van der Waals surface area contributed by atoms with Crippen molar-refractivity contribution in [2.75, 3.05) is 18.4 Å². The number of benzene rings is 2. The molecule has 1 atom stereocenters. The highest BCUT2D eigenvalue weighted by Gasteiger charge is 2.27. The molecule has 10 nitrogen and oxygen atoms in total. The molecule has 1 saturated heterocycles. The van der Waals surface area contributed by atoms with Gasteiger partial charge >= 0.3 is 5.97 Å². The number of piperidine rings is 1. The van der Waals surface area contributed by atoms with Gasteiger partial charge in [0, 0.05) is 26.1 Å². The summed E-state index contributed by atoms with van der Waals surface area (Å²) in [6.07, 6.45) is 2.91. The van der Waals surface area contributed by atoms with Gasteiger partial charge in [0.1, 0.15) is 5.82 Å². The van der Waals surface area contributed by atoms with Crippen LogP contribution in [0.25, 0.3) is 10.9 Å². The molecule has 200 valence electrons. The standard InChI is InChI=1S/C26H27ClN4O6S/c1-16(37-26(34)17-7-9-19-21(14-17)28-23-6-5-13-31(23)25(19)33)24(32)29-22-15-18(8-10-20(22)27)38(35,36)30-11-3-2-4-12-30/h7-10,14-16H,2-6,11-13H2,1H3,(H,29,32). The van der Waals surface area contributed by atoms with E-state index in [4.69, 9.17) is 16.3 Å². The number of nitrogens with zero attached hydrogens (tertiary/aromatic N) is 3. The molecule has 0 bridgehead atoms. The quantitative estimate of drug-likeness (QED) is 0.459. The number of carbonyl (C=O) groups is 2. The fourth-order valence-corrected chi connectivity index (χ4v) is 6.45. The van der Waals surface area contributed by atoms with E-state index in [2.05, 4.69) is 10.3 Å². The Morgan fingerprint density at radius 1 is 1.05 bits per heavy atom. The Bertz CT molecular complexity index is 1600. The van der Waals surface area contributed by atoms with Crippen LogP contribution in [0.3, 0.4) is 0 Å². The van der Waals surface area contributed by atoms with Gasteiger partial charge in [0.15, 0.2) is 6.10 Å². The molecule has 1 fully saturated rings. The van der Waals surface area contributed by atoms with Gasteiger partial charge in [-0.25, -0.2) is 18.2 Å². The van der Waals surface area contributed by atoms with E-state index in [0.29, 0.717) is 42.8 Å². The summed E-state index contributed by atoms with van der Waals surface area (Å²) in [7, 11) is -3.73. The van der Waals surface area contributed by atoms with E-state index in [1.165, 1.54) is 47.6 Å². The summed E-state index contributed by atoms with van der Waals surface area (Å²) in [6.45, 7) is 2.92. The number of aryl methyl sites for hydroxylation is 1. The topological polar surface area (TPSA) is 128 Å². The number of esters is 1. The lowest BCUT2D eigenvalue weighted by molar-refractivity contribution is -0.123. The maximum atomic E-state index is 13.0. The zero-order valence-corrected chi connectivity index (χ0v) is 22.3. The molecule has 0 radical (unpaired) electrons. The van der Waals surface area contributed by atoms with Crippen molar-refractivity contribution < 1.29 is 22.7 Å². The molecule has 0 saturated carbocycles. The number of hydrogen-bond donors (Lipinski definition) is 1. The normalized spacial score (nSPS) is 16.7. The lowest BCUT2D eigenvalue weighted by Gasteiger charge is -2.26. The predicted octanol–water partition coefficient (Wildman–Crippen LogP) is 3.35. The minimum absolute atomic E-state index is 0.0230. The van der Waals surface area contributed by atoms with Crippen LogP contribution in [0.15, 0.2) is 46.1 Å². The van der Waals surface area contributed by atoms with Crippen molar-refractivity contribution in [3.05, 3.63) is 63.2 Å². The highest BCUT2D eigenvalue weighted by Crippen LogP contribution is 2.28. The average molecular weight is 559 g/mol. The van der Waals surface area contributed by atoms with Gasteiger partial charge in [-0.3, -0.25) is 14.2 Å². The van der Waals surface area contributed by atoms with Gasteiger partial charge in [-0.2, -0.15) is 4.31 Å². The number of anilines is 1. The number of rotatable bonds is 6. The number of amides is 1. The van der Waals surface area contributed by atoms with E-state index in [1.54, 1.807) is 4.57 Å². The second-order valence-corrected chi connectivity index (χ2v) is 11.8. The fraction of sp³-hybridized carbons (Fsp3) is 0.385. The Labute approximate surface area is 224 Å². The third kappa shape index (κ3) is 5.05. The first-order valence-corrected chi connectivity index (χ1v) is 14.3. The molecule has 0 aliphatic carbocycles. The number of nitrogens with one attached hydrogen (secondary N) is 1. The van der Waals surface area contributed by atoms with Gasteiger partial charge in [-0.05, 0) is 62.6 Å². The molecule has 1 aromatic heterocycles. The maximum Gasteiger partial charge on any atom is 0.338 e. The van der Waals surface area contributed by atoms with Gasteiger partial charge in [0.05, 0.1) is 32.1 Å². The van der Waals surface area contributed by atoms with Crippen LogP contribution >= 0.6 is 11.6 Å². The van der Waals surface area contributed by atoms with Crippen molar-refractivity contribution in [2.24, 2.45) is 0 Å². The number of carbonyl (C=O) groups excluding carboxylic acids is 2. The average Bonchev–Trinajstić information content (AvgIpc) is 3.39. The molecular weight excluding hydrogens is 532 g/mol. The zero-order valence-electron chi connectivity index (χ0n) is 20.8. The monoisotopic (exact) mass is 558 g/mol. The molecule has 2 aliphatic heterocycles. The number of hydrogen-bond acceptors (Lipinski definition) is 7. The van der Waals surface area contributed by atoms with Crippen LogP contribution in [0.1, 0.15) is 48.8 Å². The van der Waals surface area contributed by atoms with E-state index >= 15 is 0 Å². The van der Waals surface area contributed by atoms with Crippen LogP contribution in [-0.2, 0) is 32.5 Å². The second-order valence-electron chi connectivity index (χ2n) is 9.46. The SMILES string of the molecule is CC(OC(=O)c1ccc2c(=O)n3c(nc2c1)CCC3)C(=O)Nc1cc(S(=O)(=O)N2CCCCC2)ccc1Cl. The van der Waals surface area contributed by atoms with Gasteiger partial charge in [-0.15, -0.1) is 0 Å². The molecule has 2 aliphatic rings. The van der Waals surface area contributed by atoms with Crippen molar-refractivity contribution in [1.29, 1.82) is 0 Å². The van der Waals surface area contributed by atoms with E-state index < -0.39 is 28.0 Å². The molecular formula is C26H27ClN4O6S. The van der Waals surface area contributed by atoms with Crippen LogP contribution < -0.4 is 10.9 Å². The molecule has 3 aromatic rings. The Balaban J connectivity index is 1.29. The summed E-state index contributed by atoms with van der Waals surface area (Å²) in [5.41, 5.74) is 0.506. The summed E-state index contributed by atoms with van der Waals surface area (Å²) in [4.78, 5) is 42.8. The highest BCUT2D eigenvalue weighted by atomic mass is 35.5. The van der Waals surface area contributed by atoms with Crippen molar-refractivity contribution >= 4 is 50.1 Å². The second kappa shape index (κ2) is 10.5. The Morgan fingerprint density at radius 3 is 2.58 bits per heavy atom. The molecule has 1 unspecified atom stereocenters. The van der Waals surface area contributed by atoms with Crippen molar-refractivity contribution in [1.82, 2.24) is 13.9 Å². The summed E-state index contributed by atoms with van der Waals surface area (Å²) in [5, 5.41) is 3.12. The van der Waals surface area contributed by atoms with Crippen LogP contribution in [0.4, 0.5) is 5.69 Å². The smallest absolute Gasteiger partial charge is 0.338 e. The maximum absolute atomic E-state index is 13.0. The number of ether oxygens (including phenoxy) is 1. The minimum atomic E-state index is -3.73. The Morgan fingerprint density at radius 2 is 1.82 bits per heavy atom. The first kappa shape index (κ1) is 26.3. The first-order valence-electron chi connectivity index (χ1n) is 12.5. The Kier molecular flexibility index (Phi) is 7.26. The summed E-state index contributed by atoms with van der Waals surface area (Å²) in [5.74, 6) is -0.755. The molecule has 1 amide bonds. The molecule has 5 rings (SSSR count). The Hall–Kier alpha value is -3.28. The third-order valence-electron chi connectivity index (χ3n) is 6.85. The van der Waals surface area contributed by atoms with Crippen LogP contribution in [0.2, 0.25) is 5.02 Å². The van der Waals surface area contributed by atoms with Crippen LogP contribution in [0.5, 0.6) is 0 Å². The predicted molar refractivity (Wildman–Crippen MR) is 142 cm³/mol. The van der Waals surface area contributed by atoms with Crippen molar-refractivity contribution in [3.8, 4) is 0 Å². The number of sulfonamides is 1. The van der Waals surface area contributed by atoms with E-state index in [0.717, 1.165) is 25.7 Å². The van der Waals surface area contributed by atoms with E-state index in [9.17, 15) is 22.8 Å². The van der Waals surface area contributed by atoms with Gasteiger partial charge in [-0.1, -0.05) is 18.0 Å². The number of aromatic nitrogens is 2. The van der Waals surface area contributed by atoms with Crippen LogP contribution in [-0.4, -0.2) is 53.3 Å². The lowest BCUT2D eigenvalue weighted by atomic mass is 10.1. The van der Waals surface area contributed by atoms with Gasteiger partial charge in [0.2, 0.25) is 10.0 Å². The van der Waals surface area contributed by atoms with Crippen molar-refractivity contribution in [3.63, 3.8) is 0 Å². The molecule has 0 spiro atoms. The third-order valence-corrected chi connectivity index (χ3v) is 9.08. The zero-order chi connectivity index (χ0) is 27.0. The fourth-order valence-electron chi connectivity index (χ4n) is 4.74. The number of halogens is 1. The van der Waals surface area contributed by atoms with E-state index in [1.807, 2.05) is 0 Å². The number of fused-ring (bicyclic) bond motifs is 2. The lowest BCUT2D eigenvalue weighted by Crippen LogP contribution is -2.35. The summed E-state index contributed by atoms with van der Waals surface area (Å²) < 4.78 is 34.5. The first-order chi connectivity index (χ1) is 18.1. The molecule has 2 aromatic carbocycles. The molecule has 3 heterocycles. The van der Waals surface area contributed by atoms with Crippen molar-refractivity contribution in [2.45, 2.75) is 56.6 Å². The largest absolute Gasteiger partial charge is 0.449 e. The molecule has 1 N–H and O–H groups in total. The summed E-state index contributed by atoms with van der Waals surface area (Å²) in [6, 6.07) is 8.60.